The molecule has 1 amide bonds. The SMILES string of the molecule is CCCCCCCC/C=C\CCCCCCCCCCCCCC(=O)N[C@@H](CO[C@@H]1OC(CO)[C@@H](O)C(O)[C@@H]1O)[C@H](O)/C=C/CCCCCCCCCCCCC. The first-order valence-electron chi connectivity index (χ1n) is 24.1. The van der Waals surface area contributed by atoms with Crippen LogP contribution >= 0.6 is 0 Å². The minimum absolute atomic E-state index is 0.177. The van der Waals surface area contributed by atoms with E-state index in [4.69, 9.17) is 9.47 Å². The Bertz CT molecular complexity index is 945. The summed E-state index contributed by atoms with van der Waals surface area (Å²) >= 11 is 0. The quantitative estimate of drug-likeness (QED) is 0.0265. The average Bonchev–Trinajstić information content (AvgIpc) is 3.21. The van der Waals surface area contributed by atoms with E-state index in [0.717, 1.165) is 38.5 Å². The maximum atomic E-state index is 13.0. The number of allylic oxidation sites excluding steroid dienone is 3. The van der Waals surface area contributed by atoms with Crippen LogP contribution in [0.25, 0.3) is 0 Å². The second-order valence-electron chi connectivity index (χ2n) is 16.9. The summed E-state index contributed by atoms with van der Waals surface area (Å²) in [5.41, 5.74) is 0. The van der Waals surface area contributed by atoms with Gasteiger partial charge in [0.05, 0.1) is 25.4 Å². The lowest BCUT2D eigenvalue weighted by Crippen LogP contribution is -2.60. The van der Waals surface area contributed by atoms with E-state index < -0.39 is 49.5 Å². The molecule has 0 saturated carbocycles. The molecule has 1 fully saturated rings. The number of aliphatic hydroxyl groups is 5. The van der Waals surface area contributed by atoms with E-state index in [-0.39, 0.29) is 12.5 Å². The summed E-state index contributed by atoms with van der Waals surface area (Å²) in [7, 11) is 0. The topological polar surface area (TPSA) is 149 Å². The van der Waals surface area contributed by atoms with Gasteiger partial charge in [-0.3, -0.25) is 4.79 Å². The fourth-order valence-corrected chi connectivity index (χ4v) is 7.62. The summed E-state index contributed by atoms with van der Waals surface area (Å²) in [5, 5.41) is 54.2. The molecule has 0 aromatic carbocycles. The third-order valence-electron chi connectivity index (χ3n) is 11.5. The zero-order valence-electron chi connectivity index (χ0n) is 36.9. The van der Waals surface area contributed by atoms with Crippen LogP contribution < -0.4 is 5.32 Å². The van der Waals surface area contributed by atoms with Crippen molar-refractivity contribution in [3.63, 3.8) is 0 Å². The number of carbonyl (C=O) groups is 1. The Hall–Kier alpha value is -1.33. The summed E-state index contributed by atoms with van der Waals surface area (Å²) in [6, 6.07) is -0.801. The number of amides is 1. The number of unbranched alkanes of at least 4 members (excludes halogenated alkanes) is 28. The lowest BCUT2D eigenvalue weighted by Gasteiger charge is -2.40. The maximum Gasteiger partial charge on any atom is 0.220 e. The van der Waals surface area contributed by atoms with Gasteiger partial charge in [-0.15, -0.1) is 0 Å². The molecule has 0 spiro atoms. The lowest BCUT2D eigenvalue weighted by molar-refractivity contribution is -0.302. The molecule has 0 aromatic rings. The first-order valence-corrected chi connectivity index (χ1v) is 24.1. The average molecular weight is 810 g/mol. The monoisotopic (exact) mass is 810 g/mol. The van der Waals surface area contributed by atoms with E-state index in [2.05, 4.69) is 31.3 Å². The number of aliphatic hydroxyl groups excluding tert-OH is 5. The highest BCUT2D eigenvalue weighted by Gasteiger charge is 2.44. The van der Waals surface area contributed by atoms with Gasteiger partial charge in [0.15, 0.2) is 6.29 Å². The van der Waals surface area contributed by atoms with Gasteiger partial charge >= 0.3 is 0 Å². The van der Waals surface area contributed by atoms with E-state index in [1.54, 1.807) is 6.08 Å². The fourth-order valence-electron chi connectivity index (χ4n) is 7.62. The Kier molecular flexibility index (Phi) is 36.6. The van der Waals surface area contributed by atoms with Gasteiger partial charge in [0.25, 0.3) is 0 Å². The number of nitrogens with one attached hydrogen (secondary N) is 1. The largest absolute Gasteiger partial charge is 0.394 e. The first kappa shape index (κ1) is 53.7. The van der Waals surface area contributed by atoms with E-state index in [9.17, 15) is 30.3 Å². The normalized spacial score (nSPS) is 21.1. The second-order valence-corrected chi connectivity index (χ2v) is 16.9. The molecule has 1 aliphatic rings. The molecular formula is C48H91NO8. The number of hydrogen-bond acceptors (Lipinski definition) is 8. The molecule has 0 aliphatic carbocycles. The van der Waals surface area contributed by atoms with Crippen LogP contribution in [0.1, 0.15) is 219 Å². The third kappa shape index (κ3) is 29.5. The van der Waals surface area contributed by atoms with Crippen molar-refractivity contribution in [1.29, 1.82) is 0 Å². The van der Waals surface area contributed by atoms with Crippen molar-refractivity contribution >= 4 is 5.91 Å². The maximum absolute atomic E-state index is 13.0. The molecule has 336 valence electrons. The van der Waals surface area contributed by atoms with E-state index in [0.29, 0.717) is 6.42 Å². The number of hydrogen-bond donors (Lipinski definition) is 6. The Morgan fingerprint density at radius 2 is 0.982 bits per heavy atom. The first-order chi connectivity index (χ1) is 27.8. The molecule has 1 aliphatic heterocycles. The minimum atomic E-state index is -1.56. The molecule has 7 atom stereocenters. The van der Waals surface area contributed by atoms with Crippen LogP contribution in [0.15, 0.2) is 24.3 Å². The highest BCUT2D eigenvalue weighted by atomic mass is 16.7. The van der Waals surface area contributed by atoms with Gasteiger partial charge in [0, 0.05) is 6.42 Å². The highest BCUT2D eigenvalue weighted by molar-refractivity contribution is 5.76. The van der Waals surface area contributed by atoms with Crippen molar-refractivity contribution < 1.29 is 39.8 Å². The predicted octanol–water partition coefficient (Wildman–Crippen LogP) is 10.3. The molecule has 0 aromatic heterocycles. The van der Waals surface area contributed by atoms with Crippen molar-refractivity contribution in [3.8, 4) is 0 Å². The summed E-state index contributed by atoms with van der Waals surface area (Å²) < 4.78 is 11.2. The highest BCUT2D eigenvalue weighted by Crippen LogP contribution is 2.23. The summed E-state index contributed by atoms with van der Waals surface area (Å²) in [4.78, 5) is 13.0. The molecule has 1 heterocycles. The summed E-state index contributed by atoms with van der Waals surface area (Å²) in [6.45, 7) is 3.77. The zero-order chi connectivity index (χ0) is 41.6. The molecule has 9 nitrogen and oxygen atoms in total. The number of rotatable bonds is 40. The molecule has 0 bridgehead atoms. The van der Waals surface area contributed by atoms with Gasteiger partial charge < -0.3 is 40.3 Å². The van der Waals surface area contributed by atoms with Gasteiger partial charge in [-0.2, -0.15) is 0 Å². The molecule has 1 saturated heterocycles. The summed E-state index contributed by atoms with van der Waals surface area (Å²) in [6.07, 6.45) is 39.3. The van der Waals surface area contributed by atoms with Crippen molar-refractivity contribution in [2.45, 2.75) is 262 Å². The second kappa shape index (κ2) is 38.8. The molecule has 6 N–H and O–H groups in total. The number of ether oxygens (including phenoxy) is 2. The molecular weight excluding hydrogens is 719 g/mol. The van der Waals surface area contributed by atoms with Crippen LogP contribution in [0, 0.1) is 0 Å². The van der Waals surface area contributed by atoms with Crippen LogP contribution in [0.2, 0.25) is 0 Å². The molecule has 57 heavy (non-hydrogen) atoms. The zero-order valence-corrected chi connectivity index (χ0v) is 36.9. The van der Waals surface area contributed by atoms with E-state index >= 15 is 0 Å². The van der Waals surface area contributed by atoms with Crippen molar-refractivity contribution in [1.82, 2.24) is 5.32 Å². The van der Waals surface area contributed by atoms with Gasteiger partial charge in [-0.25, -0.2) is 0 Å². The molecule has 9 heteroatoms. The van der Waals surface area contributed by atoms with Crippen LogP contribution in [-0.4, -0.2) is 87.5 Å². The predicted molar refractivity (Wildman–Crippen MR) is 235 cm³/mol. The molecule has 1 rings (SSSR count). The van der Waals surface area contributed by atoms with E-state index in [1.807, 2.05) is 6.08 Å². The third-order valence-corrected chi connectivity index (χ3v) is 11.5. The van der Waals surface area contributed by atoms with Crippen molar-refractivity contribution in [2.24, 2.45) is 0 Å². The van der Waals surface area contributed by atoms with Gasteiger partial charge in [0.2, 0.25) is 5.91 Å². The van der Waals surface area contributed by atoms with Crippen LogP contribution in [0.3, 0.4) is 0 Å². The lowest BCUT2D eigenvalue weighted by atomic mass is 9.99. The Morgan fingerprint density at radius 1 is 0.579 bits per heavy atom. The van der Waals surface area contributed by atoms with E-state index in [1.165, 1.54) is 161 Å². The number of carbonyl (C=O) groups excluding carboxylic acids is 1. The van der Waals surface area contributed by atoms with Crippen molar-refractivity contribution in [3.05, 3.63) is 24.3 Å². The van der Waals surface area contributed by atoms with Crippen molar-refractivity contribution in [2.75, 3.05) is 13.2 Å². The fraction of sp³-hybridized carbons (Fsp3) is 0.896. The minimum Gasteiger partial charge on any atom is -0.394 e. The summed E-state index contributed by atoms with van der Waals surface area (Å²) in [5.74, 6) is -0.177. The molecule has 2 unspecified atom stereocenters. The Labute approximate surface area is 349 Å². The van der Waals surface area contributed by atoms with Gasteiger partial charge in [0.1, 0.15) is 24.4 Å². The van der Waals surface area contributed by atoms with Crippen LogP contribution in [-0.2, 0) is 14.3 Å². The van der Waals surface area contributed by atoms with Gasteiger partial charge in [-0.05, 0) is 44.9 Å². The smallest absolute Gasteiger partial charge is 0.220 e. The Morgan fingerprint density at radius 3 is 1.42 bits per heavy atom. The standard InChI is InChI=1S/C48H91NO8/c1-3-5-7-9-11-13-15-17-18-19-20-21-22-23-24-26-28-30-32-34-36-38-44(52)49-41(40-56-48-47(55)46(54)45(53)43(39-50)57-48)42(51)37-35-33-31-29-27-25-16-14-12-10-8-6-4-2/h17-18,35,37,41-43,45-48,50-51,53-55H,3-16,19-34,36,38-40H2,1-2H3,(H,49,52)/b18-17-,37-35+/t41-,42+,43?,45+,46?,47-,48+/m0/s1. The molecule has 0 radical (unpaired) electrons. The van der Waals surface area contributed by atoms with Crippen LogP contribution in [0.4, 0.5) is 0 Å². The Balaban J connectivity index is 2.29. The van der Waals surface area contributed by atoms with Gasteiger partial charge in [-0.1, -0.05) is 192 Å². The van der Waals surface area contributed by atoms with Crippen LogP contribution in [0.5, 0.6) is 0 Å².